The molecule has 0 N–H and O–H groups in total. The summed E-state index contributed by atoms with van der Waals surface area (Å²) >= 11 is 25.4. The van der Waals surface area contributed by atoms with E-state index in [4.69, 9.17) is 65.4 Å². The van der Waals surface area contributed by atoms with Crippen LogP contribution in [-0.2, 0) is 34.0 Å². The first kappa shape index (κ1) is 29.8. The lowest BCUT2D eigenvalue weighted by atomic mass is 9.99. The largest absolute Gasteiger partial charge is 0.497 e. The molecular formula is C29H30Cl4O4. The van der Waals surface area contributed by atoms with Gasteiger partial charge in [-0.3, -0.25) is 0 Å². The van der Waals surface area contributed by atoms with Gasteiger partial charge in [-0.05, 0) is 42.0 Å². The number of benzene rings is 3. The fourth-order valence-electron chi connectivity index (χ4n) is 3.69. The van der Waals surface area contributed by atoms with E-state index < -0.39 is 6.10 Å². The van der Waals surface area contributed by atoms with Crippen LogP contribution in [0.2, 0.25) is 20.1 Å². The summed E-state index contributed by atoms with van der Waals surface area (Å²) in [6.45, 7) is 6.99. The van der Waals surface area contributed by atoms with Gasteiger partial charge in [-0.2, -0.15) is 0 Å². The summed E-state index contributed by atoms with van der Waals surface area (Å²) in [5.74, 6) is 0.738. The van der Waals surface area contributed by atoms with E-state index in [0.29, 0.717) is 37.8 Å². The fourth-order valence-corrected chi connectivity index (χ4v) is 4.70. The highest BCUT2D eigenvalue weighted by Crippen LogP contribution is 2.28. The third-order valence-electron chi connectivity index (χ3n) is 5.95. The van der Waals surface area contributed by atoms with Gasteiger partial charge in [-0.25, -0.2) is 0 Å². The third-order valence-corrected chi connectivity index (χ3v) is 7.37. The second-order valence-electron chi connectivity index (χ2n) is 8.48. The van der Waals surface area contributed by atoms with Gasteiger partial charge in [0.2, 0.25) is 0 Å². The predicted octanol–water partition coefficient (Wildman–Crippen LogP) is 8.82. The number of hydrogen-bond acceptors (Lipinski definition) is 4. The molecule has 3 rings (SSSR count). The van der Waals surface area contributed by atoms with Crippen molar-refractivity contribution in [3.63, 3.8) is 0 Å². The van der Waals surface area contributed by atoms with Gasteiger partial charge in [-0.15, -0.1) is 6.58 Å². The van der Waals surface area contributed by atoms with Gasteiger partial charge in [0.1, 0.15) is 11.9 Å². The molecule has 0 aliphatic rings. The lowest BCUT2D eigenvalue weighted by Crippen LogP contribution is -2.39. The molecule has 3 aromatic rings. The number of methoxy groups -OCH3 is 1. The molecule has 0 aromatic heterocycles. The van der Waals surface area contributed by atoms with Crippen LogP contribution in [0.15, 0.2) is 73.3 Å². The highest BCUT2D eigenvalue weighted by atomic mass is 35.5. The molecular weight excluding hydrogens is 554 g/mol. The van der Waals surface area contributed by atoms with Crippen LogP contribution in [-0.4, -0.2) is 25.9 Å². The minimum Gasteiger partial charge on any atom is -0.497 e. The van der Waals surface area contributed by atoms with Gasteiger partial charge in [0.05, 0.1) is 39.6 Å². The van der Waals surface area contributed by atoms with Gasteiger partial charge in [0, 0.05) is 37.1 Å². The van der Waals surface area contributed by atoms with Crippen LogP contribution >= 0.6 is 46.4 Å². The normalized spacial score (nSPS) is 13.7. The maximum atomic E-state index is 6.38. The Balaban J connectivity index is 1.78. The predicted molar refractivity (Wildman–Crippen MR) is 152 cm³/mol. The Bertz CT molecular complexity index is 1110. The van der Waals surface area contributed by atoms with E-state index in [1.54, 1.807) is 43.5 Å². The molecule has 8 heteroatoms. The molecule has 4 nitrogen and oxygen atoms in total. The molecule has 3 atom stereocenters. The first-order valence-electron chi connectivity index (χ1n) is 11.8. The maximum Gasteiger partial charge on any atom is 0.118 e. The van der Waals surface area contributed by atoms with Crippen molar-refractivity contribution in [1.29, 1.82) is 0 Å². The van der Waals surface area contributed by atoms with Crippen molar-refractivity contribution in [3.8, 4) is 5.75 Å². The summed E-state index contributed by atoms with van der Waals surface area (Å²) in [5, 5.41) is 2.14. The van der Waals surface area contributed by atoms with E-state index >= 15 is 0 Å². The molecule has 0 unspecified atom stereocenters. The molecule has 37 heavy (non-hydrogen) atoms. The molecule has 0 heterocycles. The van der Waals surface area contributed by atoms with Crippen LogP contribution in [0.1, 0.15) is 23.6 Å². The molecule has 0 bridgehead atoms. The van der Waals surface area contributed by atoms with Gasteiger partial charge >= 0.3 is 0 Å². The fraction of sp³-hybridized carbons (Fsp3) is 0.310. The zero-order valence-electron chi connectivity index (χ0n) is 20.8. The first-order valence-corrected chi connectivity index (χ1v) is 13.3. The van der Waals surface area contributed by atoms with Crippen LogP contribution in [0.3, 0.4) is 0 Å². The van der Waals surface area contributed by atoms with Crippen molar-refractivity contribution in [1.82, 2.24) is 0 Å². The summed E-state index contributed by atoms with van der Waals surface area (Å²) < 4.78 is 24.0. The van der Waals surface area contributed by atoms with Crippen LogP contribution in [0, 0.1) is 5.92 Å². The van der Waals surface area contributed by atoms with Crippen molar-refractivity contribution in [3.05, 3.63) is 110 Å². The van der Waals surface area contributed by atoms with Crippen molar-refractivity contribution < 1.29 is 18.9 Å². The lowest BCUT2D eigenvalue weighted by Gasteiger charge is -2.31. The van der Waals surface area contributed by atoms with E-state index in [9.17, 15) is 0 Å². The molecule has 0 radical (unpaired) electrons. The van der Waals surface area contributed by atoms with Crippen molar-refractivity contribution in [2.75, 3.05) is 13.7 Å². The van der Waals surface area contributed by atoms with E-state index in [1.807, 2.05) is 37.3 Å². The Morgan fingerprint density at radius 3 is 1.81 bits per heavy atom. The molecule has 0 saturated heterocycles. The van der Waals surface area contributed by atoms with Crippen molar-refractivity contribution in [2.45, 2.75) is 39.0 Å². The average Bonchev–Trinajstić information content (AvgIpc) is 2.89. The molecule has 3 aromatic carbocycles. The minimum atomic E-state index is -0.472. The van der Waals surface area contributed by atoms with Crippen molar-refractivity contribution in [2.24, 2.45) is 5.92 Å². The third kappa shape index (κ3) is 8.62. The van der Waals surface area contributed by atoms with Gasteiger partial charge in [0.15, 0.2) is 0 Å². The highest BCUT2D eigenvalue weighted by Gasteiger charge is 2.28. The Kier molecular flexibility index (Phi) is 12.1. The lowest BCUT2D eigenvalue weighted by molar-refractivity contribution is -0.128. The Hall–Kier alpha value is -1.76. The van der Waals surface area contributed by atoms with Crippen LogP contribution < -0.4 is 4.74 Å². The molecule has 0 saturated carbocycles. The van der Waals surface area contributed by atoms with E-state index in [1.165, 1.54) is 0 Å². The molecule has 0 aliphatic heterocycles. The first-order chi connectivity index (χ1) is 17.8. The SMILES string of the molecule is C=C[C@H](C)[C@H](OCc1ccc(OC)cc1)[C@@H](COCc1c(Cl)cccc1Cl)OCc1c(Cl)cccc1Cl. The second-order valence-corrected chi connectivity index (χ2v) is 10.1. The van der Waals surface area contributed by atoms with Gasteiger partial charge in [-0.1, -0.05) is 83.7 Å². The number of rotatable bonds is 14. The van der Waals surface area contributed by atoms with Crippen LogP contribution in [0.5, 0.6) is 5.75 Å². The second kappa shape index (κ2) is 15.0. The molecule has 0 fully saturated rings. The summed E-state index contributed by atoms with van der Waals surface area (Å²) in [6.07, 6.45) is 0.991. The number of halogens is 4. The van der Waals surface area contributed by atoms with Crippen LogP contribution in [0.4, 0.5) is 0 Å². The monoisotopic (exact) mass is 582 g/mol. The van der Waals surface area contributed by atoms with Crippen LogP contribution in [0.25, 0.3) is 0 Å². The number of hydrogen-bond donors (Lipinski definition) is 0. The standard InChI is InChI=1S/C29H30Cl4O4/c1-4-19(2)29(37-15-20-11-13-21(34-3)14-12-20)28(36-17-23-26(32)9-6-10-27(23)33)18-35-16-22-24(30)7-5-8-25(22)31/h4-14,19,28-29H,1,15-18H2,2-3H3/t19-,28+,29-/m0/s1. The summed E-state index contributed by atoms with van der Waals surface area (Å²) in [5.41, 5.74) is 2.41. The zero-order chi connectivity index (χ0) is 26.8. The van der Waals surface area contributed by atoms with E-state index in [2.05, 4.69) is 6.58 Å². The molecule has 0 spiro atoms. The smallest absolute Gasteiger partial charge is 0.118 e. The van der Waals surface area contributed by atoms with Gasteiger partial charge in [0.25, 0.3) is 0 Å². The summed E-state index contributed by atoms with van der Waals surface area (Å²) in [6, 6.07) is 18.4. The Morgan fingerprint density at radius 1 is 0.757 bits per heavy atom. The Morgan fingerprint density at radius 2 is 1.30 bits per heavy atom. The average molecular weight is 584 g/mol. The molecule has 0 aliphatic carbocycles. The zero-order valence-corrected chi connectivity index (χ0v) is 23.8. The highest BCUT2D eigenvalue weighted by molar-refractivity contribution is 6.36. The topological polar surface area (TPSA) is 36.9 Å². The summed E-state index contributed by atoms with van der Waals surface area (Å²) in [7, 11) is 1.64. The van der Waals surface area contributed by atoms with Gasteiger partial charge < -0.3 is 18.9 Å². The molecule has 198 valence electrons. The molecule has 0 amide bonds. The minimum absolute atomic E-state index is 0.0440. The quantitative estimate of drug-likeness (QED) is 0.178. The van der Waals surface area contributed by atoms with E-state index in [0.717, 1.165) is 11.3 Å². The number of ether oxygens (including phenoxy) is 4. The maximum absolute atomic E-state index is 6.38. The summed E-state index contributed by atoms with van der Waals surface area (Å²) in [4.78, 5) is 0. The van der Waals surface area contributed by atoms with E-state index in [-0.39, 0.29) is 31.8 Å². The Labute approximate surface area is 239 Å². The van der Waals surface area contributed by atoms with Crippen molar-refractivity contribution >= 4 is 46.4 Å².